The number of carbonyl (C=O) groups excluding carboxylic acids is 1. The molecule has 1 aliphatic rings. The molecule has 25 heavy (non-hydrogen) atoms. The first kappa shape index (κ1) is 17.3. The monoisotopic (exact) mass is 340 g/mol. The first-order chi connectivity index (χ1) is 12.2. The van der Waals surface area contributed by atoms with Crippen LogP contribution in [0.15, 0.2) is 36.7 Å². The molecule has 0 atom stereocenters. The average Bonchev–Trinajstić information content (AvgIpc) is 3.25. The molecule has 1 fully saturated rings. The van der Waals surface area contributed by atoms with E-state index in [2.05, 4.69) is 4.98 Å². The number of rotatable bonds is 6. The molecule has 0 radical (unpaired) electrons. The van der Waals surface area contributed by atoms with E-state index in [9.17, 15) is 4.79 Å². The molecule has 0 aliphatic heterocycles. The van der Waals surface area contributed by atoms with Crippen molar-refractivity contribution in [3.8, 4) is 5.75 Å². The molecule has 5 heteroatoms. The van der Waals surface area contributed by atoms with Gasteiger partial charge in [0.05, 0.1) is 12.7 Å². The third kappa shape index (κ3) is 4.29. The van der Waals surface area contributed by atoms with Crippen LogP contribution in [0.2, 0.25) is 0 Å². The van der Waals surface area contributed by atoms with Crippen molar-refractivity contribution >= 4 is 17.6 Å². The Hall–Kier alpha value is -2.56. The Morgan fingerprint density at radius 2 is 2.16 bits per heavy atom. The van der Waals surface area contributed by atoms with E-state index < -0.39 is 0 Å². The molecule has 0 bridgehead atoms. The molecule has 1 saturated carbocycles. The van der Waals surface area contributed by atoms with Crippen molar-refractivity contribution in [2.45, 2.75) is 38.7 Å². The fraction of sp³-hybridized carbons (Fsp3) is 0.400. The summed E-state index contributed by atoms with van der Waals surface area (Å²) >= 11 is 0. The first-order valence-corrected chi connectivity index (χ1v) is 8.80. The van der Waals surface area contributed by atoms with Crippen molar-refractivity contribution in [1.29, 1.82) is 0 Å². The molecule has 0 spiro atoms. The van der Waals surface area contributed by atoms with Gasteiger partial charge in [-0.15, -0.1) is 0 Å². The maximum atomic E-state index is 12.4. The zero-order valence-corrected chi connectivity index (χ0v) is 14.8. The summed E-state index contributed by atoms with van der Waals surface area (Å²) in [6.45, 7) is 2.12. The molecule has 0 saturated heterocycles. The highest BCUT2D eigenvalue weighted by Crippen LogP contribution is 2.26. The largest absolute Gasteiger partial charge is 0.490 e. The Balaban J connectivity index is 1.88. The quantitative estimate of drug-likeness (QED) is 0.592. The molecular formula is C20H24N2O3. The summed E-state index contributed by atoms with van der Waals surface area (Å²) in [5.74, 6) is 1.04. The van der Waals surface area contributed by atoms with Gasteiger partial charge >= 0.3 is 5.97 Å². The highest BCUT2D eigenvalue weighted by atomic mass is 16.5. The van der Waals surface area contributed by atoms with Crippen LogP contribution in [0.4, 0.5) is 0 Å². The van der Waals surface area contributed by atoms with Gasteiger partial charge < -0.3 is 14.0 Å². The summed E-state index contributed by atoms with van der Waals surface area (Å²) < 4.78 is 13.1. The number of aryl methyl sites for hydroxylation is 1. The molecule has 1 aromatic heterocycles. The van der Waals surface area contributed by atoms with Crippen LogP contribution in [0, 0.1) is 0 Å². The number of esters is 1. The van der Waals surface area contributed by atoms with Crippen molar-refractivity contribution in [3.05, 3.63) is 48.0 Å². The van der Waals surface area contributed by atoms with Crippen LogP contribution >= 0.6 is 0 Å². The molecule has 0 amide bonds. The zero-order valence-electron chi connectivity index (χ0n) is 14.8. The molecular weight excluding hydrogens is 316 g/mol. The maximum absolute atomic E-state index is 12.4. The molecule has 132 valence electrons. The van der Waals surface area contributed by atoms with Gasteiger partial charge in [0.1, 0.15) is 17.1 Å². The van der Waals surface area contributed by atoms with Crippen molar-refractivity contribution in [2.75, 3.05) is 6.61 Å². The number of carbonyl (C=O) groups is 1. The number of benzene rings is 1. The van der Waals surface area contributed by atoms with E-state index in [-0.39, 0.29) is 5.97 Å². The normalized spacial score (nSPS) is 15.4. The topological polar surface area (TPSA) is 53.4 Å². The van der Waals surface area contributed by atoms with E-state index in [1.54, 1.807) is 13.1 Å². The SMILES string of the molecule is CCOC(=O)C(=Cc1cccc(OC2CCCC2)c1)c1nccn1C. The predicted octanol–water partition coefficient (Wildman–Crippen LogP) is 3.85. The second-order valence-electron chi connectivity index (χ2n) is 6.24. The minimum Gasteiger partial charge on any atom is -0.490 e. The Labute approximate surface area is 148 Å². The highest BCUT2D eigenvalue weighted by molar-refractivity contribution is 6.20. The van der Waals surface area contributed by atoms with Gasteiger partial charge in [0.15, 0.2) is 0 Å². The van der Waals surface area contributed by atoms with E-state index in [1.165, 1.54) is 12.8 Å². The number of imidazole rings is 1. The summed E-state index contributed by atoms with van der Waals surface area (Å²) in [5.41, 5.74) is 1.33. The fourth-order valence-corrected chi connectivity index (χ4v) is 3.09. The van der Waals surface area contributed by atoms with Crippen LogP contribution in [0.3, 0.4) is 0 Å². The lowest BCUT2D eigenvalue weighted by Crippen LogP contribution is -2.11. The summed E-state index contributed by atoms with van der Waals surface area (Å²) in [6, 6.07) is 7.81. The van der Waals surface area contributed by atoms with E-state index >= 15 is 0 Å². The van der Waals surface area contributed by atoms with Gasteiger partial charge in [0.2, 0.25) is 0 Å². The zero-order chi connectivity index (χ0) is 17.6. The molecule has 1 aromatic carbocycles. The maximum Gasteiger partial charge on any atom is 0.341 e. The summed E-state index contributed by atoms with van der Waals surface area (Å²) in [6.07, 6.45) is 10.3. The lowest BCUT2D eigenvalue weighted by molar-refractivity contribution is -0.136. The van der Waals surface area contributed by atoms with E-state index in [0.717, 1.165) is 24.2 Å². The van der Waals surface area contributed by atoms with Crippen LogP contribution in [0.5, 0.6) is 5.75 Å². The van der Waals surface area contributed by atoms with Gasteiger partial charge in [-0.05, 0) is 56.4 Å². The fourth-order valence-electron chi connectivity index (χ4n) is 3.09. The van der Waals surface area contributed by atoms with Gasteiger partial charge in [-0.1, -0.05) is 12.1 Å². The van der Waals surface area contributed by atoms with Crippen LogP contribution < -0.4 is 4.74 Å². The first-order valence-electron chi connectivity index (χ1n) is 8.80. The Bertz CT molecular complexity index is 758. The molecule has 0 N–H and O–H groups in total. The van der Waals surface area contributed by atoms with Crippen molar-refractivity contribution in [2.24, 2.45) is 7.05 Å². The van der Waals surface area contributed by atoms with Crippen molar-refractivity contribution < 1.29 is 14.3 Å². The van der Waals surface area contributed by atoms with Crippen LogP contribution in [0.25, 0.3) is 11.6 Å². The molecule has 1 heterocycles. The number of hydrogen-bond donors (Lipinski definition) is 0. The van der Waals surface area contributed by atoms with Crippen molar-refractivity contribution in [1.82, 2.24) is 9.55 Å². The predicted molar refractivity (Wildman–Crippen MR) is 97.0 cm³/mol. The van der Waals surface area contributed by atoms with E-state index in [0.29, 0.717) is 24.1 Å². The Kier molecular flexibility index (Phi) is 5.53. The molecule has 1 aliphatic carbocycles. The van der Waals surface area contributed by atoms with E-state index in [4.69, 9.17) is 9.47 Å². The number of hydrogen-bond acceptors (Lipinski definition) is 4. The highest BCUT2D eigenvalue weighted by Gasteiger charge is 2.18. The lowest BCUT2D eigenvalue weighted by atomic mass is 10.1. The van der Waals surface area contributed by atoms with Gasteiger partial charge in [-0.2, -0.15) is 0 Å². The third-order valence-electron chi connectivity index (χ3n) is 4.33. The number of nitrogens with zero attached hydrogens (tertiary/aromatic N) is 2. The van der Waals surface area contributed by atoms with Crippen molar-refractivity contribution in [3.63, 3.8) is 0 Å². The average molecular weight is 340 g/mol. The number of ether oxygens (including phenoxy) is 2. The lowest BCUT2D eigenvalue weighted by Gasteiger charge is -2.13. The molecule has 2 aromatic rings. The Morgan fingerprint density at radius 3 is 2.84 bits per heavy atom. The second kappa shape index (κ2) is 8.01. The van der Waals surface area contributed by atoms with E-state index in [1.807, 2.05) is 48.2 Å². The molecule has 0 unspecified atom stereocenters. The van der Waals surface area contributed by atoms with Gasteiger partial charge in [0.25, 0.3) is 0 Å². The van der Waals surface area contributed by atoms with Gasteiger partial charge in [0, 0.05) is 19.4 Å². The standard InChI is InChI=1S/C20H24N2O3/c1-3-24-20(23)18(19-21-11-12-22(19)2)14-15-7-6-10-17(13-15)25-16-8-4-5-9-16/h6-7,10-14,16H,3-5,8-9H2,1-2H3. The van der Waals surface area contributed by atoms with Gasteiger partial charge in [-0.3, -0.25) is 0 Å². The molecule has 5 nitrogen and oxygen atoms in total. The summed E-state index contributed by atoms with van der Waals surface area (Å²) in [5, 5.41) is 0. The smallest absolute Gasteiger partial charge is 0.341 e. The minimum atomic E-state index is -0.376. The Morgan fingerprint density at radius 1 is 1.36 bits per heavy atom. The summed E-state index contributed by atoms with van der Waals surface area (Å²) in [4.78, 5) is 16.7. The number of aromatic nitrogens is 2. The third-order valence-corrected chi connectivity index (χ3v) is 4.33. The minimum absolute atomic E-state index is 0.304. The summed E-state index contributed by atoms with van der Waals surface area (Å²) in [7, 11) is 1.86. The van der Waals surface area contributed by atoms with Crippen LogP contribution in [0.1, 0.15) is 44.0 Å². The van der Waals surface area contributed by atoms with Gasteiger partial charge in [-0.25, -0.2) is 9.78 Å². The molecule has 3 rings (SSSR count). The second-order valence-corrected chi connectivity index (χ2v) is 6.24. The van der Waals surface area contributed by atoms with Crippen LogP contribution in [-0.2, 0) is 16.6 Å². The van der Waals surface area contributed by atoms with Crippen LogP contribution in [-0.4, -0.2) is 28.2 Å².